The largest absolute Gasteiger partial charge is 0.364 e. The number of ether oxygens (including phenoxy) is 1. The molecule has 1 aromatic rings. The smallest absolute Gasteiger partial charge is 0.256 e. The molecule has 1 aromatic carbocycles. The van der Waals surface area contributed by atoms with E-state index >= 15 is 0 Å². The SMILES string of the molecule is C#CCN(C)C(=O)[C@@H](OCC)c1ccccc1. The molecule has 0 heterocycles. The molecule has 0 fully saturated rings. The topological polar surface area (TPSA) is 29.5 Å². The van der Waals surface area contributed by atoms with Crippen molar-refractivity contribution < 1.29 is 9.53 Å². The lowest BCUT2D eigenvalue weighted by Crippen LogP contribution is -2.33. The molecule has 0 aliphatic carbocycles. The van der Waals surface area contributed by atoms with Gasteiger partial charge in [-0.05, 0) is 12.5 Å². The van der Waals surface area contributed by atoms with Crippen LogP contribution < -0.4 is 0 Å². The lowest BCUT2D eigenvalue weighted by molar-refractivity contribution is -0.142. The Morgan fingerprint density at radius 2 is 2.12 bits per heavy atom. The Morgan fingerprint density at radius 1 is 1.47 bits per heavy atom. The predicted molar refractivity (Wildman–Crippen MR) is 67.3 cm³/mol. The third-order valence-corrected chi connectivity index (χ3v) is 2.36. The molecule has 0 radical (unpaired) electrons. The van der Waals surface area contributed by atoms with Gasteiger partial charge in [0.1, 0.15) is 0 Å². The summed E-state index contributed by atoms with van der Waals surface area (Å²) in [5.74, 6) is 2.33. The summed E-state index contributed by atoms with van der Waals surface area (Å²) in [7, 11) is 1.68. The van der Waals surface area contributed by atoms with Crippen molar-refractivity contribution in [3.63, 3.8) is 0 Å². The second-order valence-corrected chi connectivity index (χ2v) is 3.64. The van der Waals surface area contributed by atoms with Gasteiger partial charge < -0.3 is 9.64 Å². The zero-order chi connectivity index (χ0) is 12.7. The lowest BCUT2D eigenvalue weighted by Gasteiger charge is -2.22. The molecule has 90 valence electrons. The van der Waals surface area contributed by atoms with Crippen molar-refractivity contribution in [2.24, 2.45) is 0 Å². The molecule has 0 aliphatic rings. The fourth-order valence-corrected chi connectivity index (χ4v) is 1.52. The molecule has 0 bridgehead atoms. The number of likely N-dealkylation sites (N-methyl/N-ethyl adjacent to an activating group) is 1. The van der Waals surface area contributed by atoms with E-state index in [4.69, 9.17) is 11.2 Å². The second-order valence-electron chi connectivity index (χ2n) is 3.64. The van der Waals surface area contributed by atoms with Crippen molar-refractivity contribution in [3.05, 3.63) is 35.9 Å². The van der Waals surface area contributed by atoms with E-state index < -0.39 is 6.10 Å². The van der Waals surface area contributed by atoms with Gasteiger partial charge >= 0.3 is 0 Å². The number of terminal acetylenes is 1. The number of benzene rings is 1. The first-order valence-corrected chi connectivity index (χ1v) is 5.55. The molecule has 0 unspecified atom stereocenters. The molecule has 0 aliphatic heterocycles. The van der Waals surface area contributed by atoms with Crippen molar-refractivity contribution in [1.29, 1.82) is 0 Å². The Morgan fingerprint density at radius 3 is 2.65 bits per heavy atom. The highest BCUT2D eigenvalue weighted by molar-refractivity contribution is 5.82. The van der Waals surface area contributed by atoms with E-state index in [0.717, 1.165) is 5.56 Å². The van der Waals surface area contributed by atoms with Gasteiger partial charge in [0.05, 0.1) is 6.54 Å². The summed E-state index contributed by atoms with van der Waals surface area (Å²) in [5, 5.41) is 0. The molecule has 0 aromatic heterocycles. The molecule has 1 atom stereocenters. The van der Waals surface area contributed by atoms with E-state index in [1.807, 2.05) is 37.3 Å². The first kappa shape index (κ1) is 13.3. The summed E-state index contributed by atoms with van der Waals surface area (Å²) in [6.07, 6.45) is 4.63. The molecule has 3 heteroatoms. The highest BCUT2D eigenvalue weighted by Gasteiger charge is 2.23. The van der Waals surface area contributed by atoms with Crippen LogP contribution in [0.5, 0.6) is 0 Å². The normalized spacial score (nSPS) is 11.6. The number of carbonyl (C=O) groups is 1. The first-order chi connectivity index (χ1) is 8.20. The van der Waals surface area contributed by atoms with Gasteiger partial charge in [0.25, 0.3) is 5.91 Å². The van der Waals surface area contributed by atoms with Gasteiger partial charge in [-0.1, -0.05) is 36.3 Å². The van der Waals surface area contributed by atoms with Crippen molar-refractivity contribution >= 4 is 5.91 Å². The van der Waals surface area contributed by atoms with Crippen LogP contribution in [0.2, 0.25) is 0 Å². The molecule has 17 heavy (non-hydrogen) atoms. The third-order valence-electron chi connectivity index (χ3n) is 2.36. The molecule has 1 amide bonds. The van der Waals surface area contributed by atoms with Crippen LogP contribution in [-0.2, 0) is 9.53 Å². The number of nitrogens with zero attached hydrogens (tertiary/aromatic N) is 1. The fourth-order valence-electron chi connectivity index (χ4n) is 1.52. The van der Waals surface area contributed by atoms with Crippen LogP contribution >= 0.6 is 0 Å². The minimum Gasteiger partial charge on any atom is -0.364 e. The Kier molecular flexibility index (Phi) is 5.25. The van der Waals surface area contributed by atoms with E-state index in [2.05, 4.69) is 5.92 Å². The zero-order valence-corrected chi connectivity index (χ0v) is 10.2. The summed E-state index contributed by atoms with van der Waals surface area (Å²) in [4.78, 5) is 13.6. The quantitative estimate of drug-likeness (QED) is 0.724. The van der Waals surface area contributed by atoms with Gasteiger partial charge in [0.2, 0.25) is 0 Å². The number of hydrogen-bond donors (Lipinski definition) is 0. The molecule has 0 saturated heterocycles. The average molecular weight is 231 g/mol. The van der Waals surface area contributed by atoms with E-state index in [1.165, 1.54) is 4.90 Å². The maximum Gasteiger partial charge on any atom is 0.256 e. The molecule has 3 nitrogen and oxygen atoms in total. The maximum absolute atomic E-state index is 12.1. The molecule has 0 N–H and O–H groups in total. The lowest BCUT2D eigenvalue weighted by atomic mass is 10.1. The van der Waals surface area contributed by atoms with Crippen LogP contribution in [0, 0.1) is 12.3 Å². The molecule has 0 spiro atoms. The maximum atomic E-state index is 12.1. The van der Waals surface area contributed by atoms with E-state index in [-0.39, 0.29) is 12.5 Å². The van der Waals surface area contributed by atoms with Gasteiger partial charge in [-0.2, -0.15) is 0 Å². The minimum absolute atomic E-state index is 0.115. The first-order valence-electron chi connectivity index (χ1n) is 5.55. The standard InChI is InChI=1S/C14H17NO2/c1-4-11-15(3)14(16)13(17-5-2)12-9-7-6-8-10-12/h1,6-10,13H,5,11H2,2-3H3/t13-/m0/s1. The molecular weight excluding hydrogens is 214 g/mol. The van der Waals surface area contributed by atoms with Gasteiger partial charge in [0, 0.05) is 13.7 Å². The minimum atomic E-state index is -0.570. The van der Waals surface area contributed by atoms with Crippen molar-refractivity contribution in [1.82, 2.24) is 4.90 Å². The Balaban J connectivity index is 2.87. The van der Waals surface area contributed by atoms with Crippen molar-refractivity contribution in [2.45, 2.75) is 13.0 Å². The van der Waals surface area contributed by atoms with Crippen LogP contribution in [0.25, 0.3) is 0 Å². The Bertz CT molecular complexity index is 394. The zero-order valence-electron chi connectivity index (χ0n) is 10.2. The summed E-state index contributed by atoms with van der Waals surface area (Å²) >= 11 is 0. The predicted octanol–water partition coefficient (Wildman–Crippen LogP) is 1.86. The third kappa shape index (κ3) is 3.61. The van der Waals surface area contributed by atoms with Gasteiger partial charge in [-0.3, -0.25) is 4.79 Å². The highest BCUT2D eigenvalue weighted by Crippen LogP contribution is 2.19. The second kappa shape index (κ2) is 6.72. The summed E-state index contributed by atoms with van der Waals surface area (Å²) in [6, 6.07) is 9.43. The van der Waals surface area contributed by atoms with Crippen LogP contribution in [0.3, 0.4) is 0 Å². The van der Waals surface area contributed by atoms with Crippen LogP contribution in [0.1, 0.15) is 18.6 Å². The fraction of sp³-hybridized carbons (Fsp3) is 0.357. The molecule has 0 saturated carbocycles. The number of carbonyl (C=O) groups excluding carboxylic acids is 1. The van der Waals surface area contributed by atoms with Crippen LogP contribution in [0.4, 0.5) is 0 Å². The van der Waals surface area contributed by atoms with Crippen LogP contribution in [0.15, 0.2) is 30.3 Å². The molecule has 1 rings (SSSR count). The highest BCUT2D eigenvalue weighted by atomic mass is 16.5. The summed E-state index contributed by atoms with van der Waals surface area (Å²) in [6.45, 7) is 2.63. The summed E-state index contributed by atoms with van der Waals surface area (Å²) in [5.41, 5.74) is 0.850. The number of rotatable bonds is 5. The average Bonchev–Trinajstić information content (AvgIpc) is 2.36. The van der Waals surface area contributed by atoms with Gasteiger partial charge in [-0.15, -0.1) is 6.42 Å². The number of amides is 1. The van der Waals surface area contributed by atoms with Crippen molar-refractivity contribution in [3.8, 4) is 12.3 Å². The molecular formula is C14H17NO2. The Hall–Kier alpha value is -1.79. The van der Waals surface area contributed by atoms with E-state index in [0.29, 0.717) is 6.61 Å². The number of hydrogen-bond acceptors (Lipinski definition) is 2. The Labute approximate surface area is 102 Å². The van der Waals surface area contributed by atoms with Gasteiger partial charge in [-0.25, -0.2) is 0 Å². The van der Waals surface area contributed by atoms with Crippen LogP contribution in [-0.4, -0.2) is 31.0 Å². The van der Waals surface area contributed by atoms with E-state index in [9.17, 15) is 4.79 Å². The van der Waals surface area contributed by atoms with Crippen molar-refractivity contribution in [2.75, 3.05) is 20.2 Å². The monoisotopic (exact) mass is 231 g/mol. The van der Waals surface area contributed by atoms with Gasteiger partial charge in [0.15, 0.2) is 6.10 Å². The van der Waals surface area contributed by atoms with E-state index in [1.54, 1.807) is 7.05 Å². The summed E-state index contributed by atoms with van der Waals surface area (Å²) < 4.78 is 5.50.